The van der Waals surface area contributed by atoms with E-state index in [1.54, 1.807) is 6.07 Å². The summed E-state index contributed by atoms with van der Waals surface area (Å²) in [7, 11) is 0. The van der Waals surface area contributed by atoms with E-state index in [4.69, 9.17) is 4.74 Å². The minimum absolute atomic E-state index is 0.173. The summed E-state index contributed by atoms with van der Waals surface area (Å²) in [5.41, 5.74) is -0.173. The Balaban J connectivity index is 2.65. The first-order chi connectivity index (χ1) is 9.82. The van der Waals surface area contributed by atoms with Gasteiger partial charge < -0.3 is 15.4 Å². The van der Waals surface area contributed by atoms with E-state index < -0.39 is 13.0 Å². The predicted molar refractivity (Wildman–Crippen MR) is 80.2 cm³/mol. The van der Waals surface area contributed by atoms with E-state index >= 15 is 0 Å². The van der Waals surface area contributed by atoms with E-state index in [9.17, 15) is 8.78 Å². The minimum atomic E-state index is -2.43. The lowest BCUT2D eigenvalue weighted by Gasteiger charge is -2.19. The van der Waals surface area contributed by atoms with Crippen molar-refractivity contribution in [3.05, 3.63) is 11.9 Å². The Morgan fingerprint density at radius 3 is 2.33 bits per heavy atom. The molecule has 0 bridgehead atoms. The molecule has 21 heavy (non-hydrogen) atoms. The van der Waals surface area contributed by atoms with Crippen molar-refractivity contribution in [2.24, 2.45) is 0 Å². The molecule has 1 rings (SSSR count). The van der Waals surface area contributed by atoms with Gasteiger partial charge in [0, 0.05) is 24.6 Å². The number of nitrogens with zero attached hydrogens (tertiary/aromatic N) is 2. The molecule has 0 saturated heterocycles. The SMILES string of the molecule is CCNc1cc(NCCOCC(F)F)nc(C(C)(C)C)n1. The van der Waals surface area contributed by atoms with Gasteiger partial charge in [-0.1, -0.05) is 20.8 Å². The Labute approximate surface area is 124 Å². The molecule has 0 unspecified atom stereocenters. The molecule has 0 aromatic carbocycles. The van der Waals surface area contributed by atoms with Crippen molar-refractivity contribution < 1.29 is 13.5 Å². The summed E-state index contributed by atoms with van der Waals surface area (Å²) >= 11 is 0. The fourth-order valence-corrected chi connectivity index (χ4v) is 1.57. The molecule has 120 valence electrons. The van der Waals surface area contributed by atoms with Crippen LogP contribution in [0.15, 0.2) is 6.07 Å². The summed E-state index contributed by atoms with van der Waals surface area (Å²) in [4.78, 5) is 8.92. The van der Waals surface area contributed by atoms with Crippen molar-refractivity contribution >= 4 is 11.6 Å². The second-order valence-electron chi connectivity index (χ2n) is 5.64. The number of hydrogen-bond donors (Lipinski definition) is 2. The first kappa shape index (κ1) is 17.6. The van der Waals surface area contributed by atoms with Crippen molar-refractivity contribution in [3.8, 4) is 0 Å². The Kier molecular flexibility index (Phi) is 6.74. The predicted octanol–water partition coefficient (Wildman–Crippen LogP) is 2.90. The molecule has 7 heteroatoms. The van der Waals surface area contributed by atoms with Crippen molar-refractivity contribution in [3.63, 3.8) is 0 Å². The lowest BCUT2D eigenvalue weighted by Crippen LogP contribution is -2.20. The molecule has 0 spiro atoms. The highest BCUT2D eigenvalue weighted by Crippen LogP contribution is 2.22. The van der Waals surface area contributed by atoms with Crippen molar-refractivity contribution in [1.29, 1.82) is 0 Å². The number of nitrogens with one attached hydrogen (secondary N) is 2. The zero-order valence-corrected chi connectivity index (χ0v) is 13.0. The van der Waals surface area contributed by atoms with Crippen LogP contribution in [0.5, 0.6) is 0 Å². The quantitative estimate of drug-likeness (QED) is 0.723. The van der Waals surface area contributed by atoms with Gasteiger partial charge in [-0.15, -0.1) is 0 Å². The Hall–Kier alpha value is -1.50. The molecule has 0 aliphatic heterocycles. The molecule has 0 radical (unpaired) electrons. The van der Waals surface area contributed by atoms with Crippen LogP contribution in [0.3, 0.4) is 0 Å². The molecule has 0 atom stereocenters. The Morgan fingerprint density at radius 1 is 1.19 bits per heavy atom. The fourth-order valence-electron chi connectivity index (χ4n) is 1.57. The number of anilines is 2. The number of ether oxygens (including phenoxy) is 1. The maximum atomic E-state index is 11.9. The third-order valence-corrected chi connectivity index (χ3v) is 2.55. The van der Waals surface area contributed by atoms with Gasteiger partial charge in [-0.05, 0) is 6.92 Å². The molecular weight excluding hydrogens is 278 g/mol. The van der Waals surface area contributed by atoms with Gasteiger partial charge >= 0.3 is 0 Å². The van der Waals surface area contributed by atoms with Gasteiger partial charge in [0.2, 0.25) is 0 Å². The smallest absolute Gasteiger partial charge is 0.261 e. The van der Waals surface area contributed by atoms with Gasteiger partial charge in [-0.3, -0.25) is 0 Å². The summed E-state index contributed by atoms with van der Waals surface area (Å²) in [6.07, 6.45) is -2.43. The van der Waals surface area contributed by atoms with E-state index in [0.29, 0.717) is 12.4 Å². The third-order valence-electron chi connectivity index (χ3n) is 2.55. The molecule has 0 aliphatic rings. The number of aromatic nitrogens is 2. The molecule has 1 heterocycles. The standard InChI is InChI=1S/C14H24F2N4O/c1-5-17-11-8-12(18-6-7-21-9-10(15)16)20-13(19-11)14(2,3)4/h8,10H,5-7,9H2,1-4H3,(H2,17,18,19,20). The van der Waals surface area contributed by atoms with Gasteiger partial charge in [-0.25, -0.2) is 18.7 Å². The maximum absolute atomic E-state index is 11.9. The summed E-state index contributed by atoms with van der Waals surface area (Å²) < 4.78 is 28.7. The summed E-state index contributed by atoms with van der Waals surface area (Å²) in [6, 6.07) is 1.80. The number of rotatable bonds is 8. The molecule has 0 fully saturated rings. The first-order valence-corrected chi connectivity index (χ1v) is 7.06. The topological polar surface area (TPSA) is 59.1 Å². The van der Waals surface area contributed by atoms with E-state index in [0.717, 1.165) is 18.2 Å². The minimum Gasteiger partial charge on any atom is -0.374 e. The van der Waals surface area contributed by atoms with Crippen LogP contribution in [-0.2, 0) is 10.2 Å². The average molecular weight is 302 g/mol. The van der Waals surface area contributed by atoms with Crippen molar-refractivity contribution in [1.82, 2.24) is 9.97 Å². The monoisotopic (exact) mass is 302 g/mol. The van der Waals surface area contributed by atoms with Crippen LogP contribution in [0.25, 0.3) is 0 Å². The van der Waals surface area contributed by atoms with Crippen LogP contribution >= 0.6 is 0 Å². The van der Waals surface area contributed by atoms with Gasteiger partial charge in [0.25, 0.3) is 6.43 Å². The van der Waals surface area contributed by atoms with E-state index in [2.05, 4.69) is 20.6 Å². The Morgan fingerprint density at radius 2 is 1.81 bits per heavy atom. The molecule has 5 nitrogen and oxygen atoms in total. The van der Waals surface area contributed by atoms with Crippen LogP contribution in [0.2, 0.25) is 0 Å². The first-order valence-electron chi connectivity index (χ1n) is 7.06. The maximum Gasteiger partial charge on any atom is 0.261 e. The second kappa shape index (κ2) is 8.07. The molecule has 0 saturated carbocycles. The fraction of sp³-hybridized carbons (Fsp3) is 0.714. The second-order valence-corrected chi connectivity index (χ2v) is 5.64. The van der Waals surface area contributed by atoms with E-state index in [-0.39, 0.29) is 12.0 Å². The van der Waals surface area contributed by atoms with Crippen LogP contribution in [0.4, 0.5) is 20.4 Å². The lowest BCUT2D eigenvalue weighted by atomic mass is 9.96. The van der Waals surface area contributed by atoms with Gasteiger partial charge in [0.05, 0.1) is 6.61 Å². The highest BCUT2D eigenvalue weighted by Gasteiger charge is 2.19. The lowest BCUT2D eigenvalue weighted by molar-refractivity contribution is 0.0215. The van der Waals surface area contributed by atoms with E-state index in [1.807, 2.05) is 27.7 Å². The van der Waals surface area contributed by atoms with Gasteiger partial charge in [-0.2, -0.15) is 0 Å². The summed E-state index contributed by atoms with van der Waals surface area (Å²) in [5.74, 6) is 2.12. The van der Waals surface area contributed by atoms with Crippen LogP contribution in [0.1, 0.15) is 33.5 Å². The third kappa shape index (κ3) is 6.66. The highest BCUT2D eigenvalue weighted by atomic mass is 19.3. The zero-order chi connectivity index (χ0) is 15.9. The summed E-state index contributed by atoms with van der Waals surface area (Å²) in [5, 5.41) is 6.22. The van der Waals surface area contributed by atoms with Gasteiger partial charge in [0.1, 0.15) is 24.1 Å². The van der Waals surface area contributed by atoms with Crippen molar-refractivity contribution in [2.75, 3.05) is 36.9 Å². The average Bonchev–Trinajstić information content (AvgIpc) is 2.37. The largest absolute Gasteiger partial charge is 0.374 e. The van der Waals surface area contributed by atoms with Crippen LogP contribution < -0.4 is 10.6 Å². The summed E-state index contributed by atoms with van der Waals surface area (Å²) in [6.45, 7) is 8.94. The molecule has 0 amide bonds. The molecular formula is C14H24F2N4O. The number of alkyl halides is 2. The number of hydrogen-bond acceptors (Lipinski definition) is 5. The van der Waals surface area contributed by atoms with Crippen molar-refractivity contribution in [2.45, 2.75) is 39.5 Å². The van der Waals surface area contributed by atoms with Gasteiger partial charge in [0.15, 0.2) is 0 Å². The molecule has 1 aromatic heterocycles. The van der Waals surface area contributed by atoms with E-state index in [1.165, 1.54) is 0 Å². The Bertz CT molecular complexity index is 435. The zero-order valence-electron chi connectivity index (χ0n) is 13.0. The number of halogens is 2. The highest BCUT2D eigenvalue weighted by molar-refractivity contribution is 5.48. The molecule has 1 aromatic rings. The molecule has 0 aliphatic carbocycles. The molecule has 2 N–H and O–H groups in total. The normalized spacial score (nSPS) is 11.8. The van der Waals surface area contributed by atoms with Crippen LogP contribution in [-0.4, -0.2) is 42.7 Å². The van der Waals surface area contributed by atoms with Crippen LogP contribution in [0, 0.1) is 0 Å².